The third-order valence-electron chi connectivity index (χ3n) is 5.49. The highest BCUT2D eigenvalue weighted by Crippen LogP contribution is 2.28. The van der Waals surface area contributed by atoms with E-state index >= 15 is 4.39 Å². The summed E-state index contributed by atoms with van der Waals surface area (Å²) in [4.78, 5) is 20.9. The second-order valence-corrected chi connectivity index (χ2v) is 8.82. The van der Waals surface area contributed by atoms with Crippen LogP contribution in [0.15, 0.2) is 30.3 Å². The molecule has 1 amide bonds. The molecule has 3 rings (SSSR count). The van der Waals surface area contributed by atoms with Crippen LogP contribution in [0.25, 0.3) is 0 Å². The predicted molar refractivity (Wildman–Crippen MR) is 120 cm³/mol. The molecular weight excluding hydrogens is 426 g/mol. The fourth-order valence-corrected chi connectivity index (χ4v) is 3.79. The molecule has 1 saturated heterocycles. The minimum Gasteiger partial charge on any atom is -0.363 e. The molecule has 0 aliphatic carbocycles. The first-order valence-corrected chi connectivity index (χ1v) is 10.7. The van der Waals surface area contributed by atoms with Crippen molar-refractivity contribution < 1.29 is 9.18 Å². The van der Waals surface area contributed by atoms with Crippen LogP contribution in [0.5, 0.6) is 0 Å². The number of pyridine rings is 1. The molecule has 0 saturated carbocycles. The van der Waals surface area contributed by atoms with Gasteiger partial charge in [-0.1, -0.05) is 29.3 Å². The number of anilines is 1. The van der Waals surface area contributed by atoms with E-state index in [0.29, 0.717) is 35.2 Å². The van der Waals surface area contributed by atoms with Gasteiger partial charge in [0.05, 0.1) is 15.7 Å². The first kappa shape index (κ1) is 22.8. The topological polar surface area (TPSA) is 48.5 Å². The summed E-state index contributed by atoms with van der Waals surface area (Å²) in [6, 6.07) is 8.80. The van der Waals surface area contributed by atoms with Crippen molar-refractivity contribution in [1.29, 1.82) is 0 Å². The molecule has 162 valence electrons. The van der Waals surface area contributed by atoms with Crippen molar-refractivity contribution in [2.45, 2.75) is 32.0 Å². The zero-order chi connectivity index (χ0) is 21.9. The van der Waals surface area contributed by atoms with Gasteiger partial charge < -0.3 is 15.1 Å². The van der Waals surface area contributed by atoms with Crippen LogP contribution >= 0.6 is 23.2 Å². The van der Waals surface area contributed by atoms with Crippen LogP contribution < -0.4 is 10.2 Å². The summed E-state index contributed by atoms with van der Waals surface area (Å²) in [7, 11) is 3.89. The van der Waals surface area contributed by atoms with Crippen LogP contribution in [-0.4, -0.2) is 55.2 Å². The van der Waals surface area contributed by atoms with Gasteiger partial charge in [-0.2, -0.15) is 0 Å². The number of piperidine rings is 1. The van der Waals surface area contributed by atoms with E-state index in [2.05, 4.69) is 10.3 Å². The number of carbonyl (C=O) groups is 1. The fourth-order valence-electron chi connectivity index (χ4n) is 3.49. The average Bonchev–Trinajstić information content (AvgIpc) is 2.71. The number of rotatable bonds is 6. The van der Waals surface area contributed by atoms with Gasteiger partial charge in [0.1, 0.15) is 11.5 Å². The van der Waals surface area contributed by atoms with Crippen molar-refractivity contribution in [3.05, 3.63) is 57.2 Å². The summed E-state index contributed by atoms with van der Waals surface area (Å²) in [5, 5.41) is 3.96. The Labute approximate surface area is 187 Å². The lowest BCUT2D eigenvalue weighted by Crippen LogP contribution is -2.48. The van der Waals surface area contributed by atoms with Crippen LogP contribution in [0.3, 0.4) is 0 Å². The summed E-state index contributed by atoms with van der Waals surface area (Å²) < 4.78 is 15.3. The van der Waals surface area contributed by atoms with Crippen LogP contribution in [0.2, 0.25) is 10.0 Å². The summed E-state index contributed by atoms with van der Waals surface area (Å²) in [5.74, 6) is 0.727. The van der Waals surface area contributed by atoms with Gasteiger partial charge in [0.2, 0.25) is 0 Å². The zero-order valence-corrected chi connectivity index (χ0v) is 19.0. The molecule has 0 radical (unpaired) electrons. The average molecular weight is 453 g/mol. The SMILES string of the molecule is Cc1ccc(N(C)C)nc1CNCC1(F)CCN(C(=O)c2ccc(Cl)c(Cl)c2)CC1. The van der Waals surface area contributed by atoms with E-state index < -0.39 is 5.67 Å². The highest BCUT2D eigenvalue weighted by molar-refractivity contribution is 6.42. The van der Waals surface area contributed by atoms with Gasteiger partial charge in [0.25, 0.3) is 5.91 Å². The quantitative estimate of drug-likeness (QED) is 0.700. The van der Waals surface area contributed by atoms with Crippen LogP contribution in [0.4, 0.5) is 10.2 Å². The number of amides is 1. The molecule has 0 atom stereocenters. The van der Waals surface area contributed by atoms with Crippen molar-refractivity contribution in [2.75, 3.05) is 38.6 Å². The number of aryl methyl sites for hydroxylation is 1. The van der Waals surface area contributed by atoms with E-state index in [1.54, 1.807) is 23.1 Å². The second kappa shape index (κ2) is 9.50. The van der Waals surface area contributed by atoms with Crippen molar-refractivity contribution in [3.63, 3.8) is 0 Å². The normalized spacial score (nSPS) is 15.9. The molecule has 0 bridgehead atoms. The maximum Gasteiger partial charge on any atom is 0.253 e. The van der Waals surface area contributed by atoms with Crippen LogP contribution in [0.1, 0.15) is 34.5 Å². The first-order valence-electron chi connectivity index (χ1n) is 9.96. The number of nitrogens with one attached hydrogen (secondary N) is 1. The highest BCUT2D eigenvalue weighted by atomic mass is 35.5. The van der Waals surface area contributed by atoms with Gasteiger partial charge in [0, 0.05) is 58.7 Å². The minimum atomic E-state index is -1.35. The second-order valence-electron chi connectivity index (χ2n) is 8.00. The highest BCUT2D eigenvalue weighted by Gasteiger charge is 2.36. The summed E-state index contributed by atoms with van der Waals surface area (Å²) in [6.45, 7) is 3.47. The molecule has 1 aliphatic rings. The molecule has 1 aromatic heterocycles. The lowest BCUT2D eigenvalue weighted by Gasteiger charge is -2.36. The summed E-state index contributed by atoms with van der Waals surface area (Å²) in [6.07, 6.45) is 0.578. The lowest BCUT2D eigenvalue weighted by molar-refractivity contribution is 0.0434. The summed E-state index contributed by atoms with van der Waals surface area (Å²) >= 11 is 11.9. The Morgan fingerprint density at radius 3 is 2.53 bits per heavy atom. The number of carbonyl (C=O) groups excluding carboxylic acids is 1. The molecule has 0 unspecified atom stereocenters. The van der Waals surface area contributed by atoms with Crippen molar-refractivity contribution in [1.82, 2.24) is 15.2 Å². The van der Waals surface area contributed by atoms with E-state index in [4.69, 9.17) is 23.2 Å². The number of halogens is 3. The van der Waals surface area contributed by atoms with Crippen molar-refractivity contribution >= 4 is 34.9 Å². The fraction of sp³-hybridized carbons (Fsp3) is 0.455. The van der Waals surface area contributed by atoms with E-state index in [1.807, 2.05) is 38.1 Å². The number of aromatic nitrogens is 1. The standard InChI is InChI=1S/C22H27Cl2FN4O/c1-15-4-7-20(28(2)3)27-19(15)13-26-14-22(25)8-10-29(11-9-22)21(30)16-5-6-17(23)18(24)12-16/h4-7,12,26H,8-11,13-14H2,1-3H3. The molecule has 1 aliphatic heterocycles. The number of hydrogen-bond acceptors (Lipinski definition) is 4. The van der Waals surface area contributed by atoms with E-state index in [1.165, 1.54) is 0 Å². The number of benzene rings is 1. The van der Waals surface area contributed by atoms with Gasteiger partial charge >= 0.3 is 0 Å². The Bertz CT molecular complexity index is 914. The number of likely N-dealkylation sites (tertiary alicyclic amines) is 1. The molecule has 8 heteroatoms. The van der Waals surface area contributed by atoms with Crippen LogP contribution in [0, 0.1) is 6.92 Å². The van der Waals surface area contributed by atoms with E-state index in [9.17, 15) is 4.79 Å². The molecule has 1 aromatic carbocycles. The molecule has 30 heavy (non-hydrogen) atoms. The molecule has 1 N–H and O–H groups in total. The molecule has 2 heterocycles. The first-order chi connectivity index (χ1) is 14.2. The molecule has 5 nitrogen and oxygen atoms in total. The Morgan fingerprint density at radius 2 is 1.90 bits per heavy atom. The van der Waals surface area contributed by atoms with E-state index in [0.717, 1.165) is 17.1 Å². The van der Waals surface area contributed by atoms with Gasteiger partial charge in [0.15, 0.2) is 0 Å². The summed E-state index contributed by atoms with van der Waals surface area (Å²) in [5.41, 5.74) is 1.11. The third-order valence-corrected chi connectivity index (χ3v) is 6.23. The van der Waals surface area contributed by atoms with Crippen molar-refractivity contribution in [2.24, 2.45) is 0 Å². The maximum atomic E-state index is 15.3. The largest absolute Gasteiger partial charge is 0.363 e. The smallest absolute Gasteiger partial charge is 0.253 e. The molecule has 2 aromatic rings. The number of nitrogens with zero attached hydrogens (tertiary/aromatic N) is 3. The van der Waals surface area contributed by atoms with Crippen LogP contribution in [-0.2, 0) is 6.54 Å². The lowest BCUT2D eigenvalue weighted by atomic mass is 9.92. The van der Waals surface area contributed by atoms with Gasteiger partial charge in [-0.25, -0.2) is 9.37 Å². The van der Waals surface area contributed by atoms with Gasteiger partial charge in [-0.3, -0.25) is 4.79 Å². The van der Waals surface area contributed by atoms with E-state index in [-0.39, 0.29) is 25.3 Å². The Kier molecular flexibility index (Phi) is 7.22. The molecular formula is C22H27Cl2FN4O. The van der Waals surface area contributed by atoms with Crippen molar-refractivity contribution in [3.8, 4) is 0 Å². The zero-order valence-electron chi connectivity index (χ0n) is 17.5. The van der Waals surface area contributed by atoms with Gasteiger partial charge in [-0.05, 0) is 36.8 Å². The Balaban J connectivity index is 1.53. The Hall–Kier alpha value is -1.89. The minimum absolute atomic E-state index is 0.149. The Morgan fingerprint density at radius 1 is 1.20 bits per heavy atom. The number of alkyl halides is 1. The monoisotopic (exact) mass is 452 g/mol. The third kappa shape index (κ3) is 5.42. The maximum absolute atomic E-state index is 15.3. The van der Waals surface area contributed by atoms with Gasteiger partial charge in [-0.15, -0.1) is 0 Å². The molecule has 0 spiro atoms. The molecule has 1 fully saturated rings. The predicted octanol–water partition coefficient (Wildman–Crippen LogP) is 4.50. The number of hydrogen-bond donors (Lipinski definition) is 1.